The quantitative estimate of drug-likeness (QED) is 0.654. The monoisotopic (exact) mass is 274 g/mol. The van der Waals surface area contributed by atoms with E-state index in [0.717, 1.165) is 11.3 Å². The van der Waals surface area contributed by atoms with Gasteiger partial charge in [0.25, 0.3) is 0 Å². The fraction of sp³-hybridized carbons (Fsp3) is 0.154. The average molecular weight is 274 g/mol. The van der Waals surface area contributed by atoms with Crippen LogP contribution in [0.5, 0.6) is 0 Å². The van der Waals surface area contributed by atoms with Gasteiger partial charge in [-0.2, -0.15) is 0 Å². The summed E-state index contributed by atoms with van der Waals surface area (Å²) in [5.41, 5.74) is 13.2. The van der Waals surface area contributed by atoms with Crippen molar-refractivity contribution in [2.45, 2.75) is 17.8 Å². The largest absolute Gasteiger partial charge is 0.384 e. The first-order chi connectivity index (χ1) is 9.06. The first-order valence-electron chi connectivity index (χ1n) is 5.68. The molecule has 1 aromatic carbocycles. The third kappa shape index (κ3) is 3.45. The lowest BCUT2D eigenvalue weighted by Gasteiger charge is -2.06. The molecule has 1 heterocycles. The van der Waals surface area contributed by atoms with Crippen LogP contribution in [0.25, 0.3) is 0 Å². The van der Waals surface area contributed by atoms with Gasteiger partial charge in [0.1, 0.15) is 5.82 Å². The van der Waals surface area contributed by atoms with Crippen molar-refractivity contribution in [2.24, 2.45) is 5.73 Å². The van der Waals surface area contributed by atoms with E-state index in [9.17, 15) is 4.79 Å². The summed E-state index contributed by atoms with van der Waals surface area (Å²) in [6.45, 7) is 1.86. The van der Waals surface area contributed by atoms with Crippen LogP contribution >= 0.6 is 11.8 Å². The second-order valence-corrected chi connectivity index (χ2v) is 4.97. The van der Waals surface area contributed by atoms with Gasteiger partial charge in [0.15, 0.2) is 5.16 Å². The minimum atomic E-state index is -0.430. The Kier molecular flexibility index (Phi) is 4.01. The SMILES string of the molecule is Cc1cc(N)nc(SCc2ccccc2C(N)=O)n1. The third-order valence-electron chi connectivity index (χ3n) is 2.49. The number of hydrogen-bond acceptors (Lipinski definition) is 5. The van der Waals surface area contributed by atoms with Crippen LogP contribution in [0.2, 0.25) is 0 Å². The van der Waals surface area contributed by atoms with Crippen molar-refractivity contribution < 1.29 is 4.79 Å². The molecule has 2 aromatic rings. The van der Waals surface area contributed by atoms with Gasteiger partial charge in [-0.25, -0.2) is 9.97 Å². The lowest BCUT2D eigenvalue weighted by Crippen LogP contribution is -2.13. The van der Waals surface area contributed by atoms with Crippen molar-refractivity contribution in [3.63, 3.8) is 0 Å². The molecule has 6 heteroatoms. The number of carbonyl (C=O) groups is 1. The summed E-state index contributed by atoms with van der Waals surface area (Å²) < 4.78 is 0. The molecule has 19 heavy (non-hydrogen) atoms. The second-order valence-electron chi connectivity index (χ2n) is 4.03. The third-order valence-corrected chi connectivity index (χ3v) is 3.39. The number of anilines is 1. The van der Waals surface area contributed by atoms with Crippen molar-refractivity contribution in [1.82, 2.24) is 9.97 Å². The molecule has 0 atom stereocenters. The smallest absolute Gasteiger partial charge is 0.249 e. The number of aromatic nitrogens is 2. The van der Waals surface area contributed by atoms with E-state index in [-0.39, 0.29) is 0 Å². The van der Waals surface area contributed by atoms with E-state index >= 15 is 0 Å². The van der Waals surface area contributed by atoms with E-state index in [1.807, 2.05) is 19.1 Å². The molecule has 0 saturated heterocycles. The normalized spacial score (nSPS) is 10.4. The summed E-state index contributed by atoms with van der Waals surface area (Å²) in [4.78, 5) is 19.7. The number of benzene rings is 1. The molecular formula is C13H14N4OS. The summed E-state index contributed by atoms with van der Waals surface area (Å²) in [6, 6.07) is 8.94. The second kappa shape index (κ2) is 5.71. The molecule has 1 aromatic heterocycles. The highest BCUT2D eigenvalue weighted by molar-refractivity contribution is 7.98. The minimum Gasteiger partial charge on any atom is -0.384 e. The molecule has 0 fully saturated rings. The number of primary amides is 1. The molecule has 98 valence electrons. The van der Waals surface area contributed by atoms with Crippen molar-refractivity contribution in [3.8, 4) is 0 Å². The Bertz CT molecular complexity index is 595. The molecule has 0 aliphatic rings. The van der Waals surface area contributed by atoms with Crippen molar-refractivity contribution in [2.75, 3.05) is 5.73 Å². The zero-order valence-corrected chi connectivity index (χ0v) is 11.3. The fourth-order valence-corrected chi connectivity index (χ4v) is 2.57. The number of nitrogens with two attached hydrogens (primary N) is 2. The standard InChI is InChI=1S/C13H14N4OS/c1-8-6-11(14)17-13(16-8)19-7-9-4-2-3-5-10(9)12(15)18/h2-6H,7H2,1H3,(H2,15,18)(H2,14,16,17). The molecule has 0 unspecified atom stereocenters. The van der Waals surface area contributed by atoms with Crippen LogP contribution < -0.4 is 11.5 Å². The van der Waals surface area contributed by atoms with Crippen LogP contribution in [0.15, 0.2) is 35.5 Å². The van der Waals surface area contributed by atoms with E-state index in [0.29, 0.717) is 22.3 Å². The topological polar surface area (TPSA) is 94.9 Å². The Labute approximate surface area is 115 Å². The molecule has 0 aliphatic heterocycles. The number of aryl methyl sites for hydroxylation is 1. The van der Waals surface area contributed by atoms with E-state index in [1.165, 1.54) is 11.8 Å². The zero-order valence-electron chi connectivity index (χ0n) is 10.5. The molecule has 0 spiro atoms. The summed E-state index contributed by atoms with van der Waals surface area (Å²) in [7, 11) is 0. The number of nitrogens with zero attached hydrogens (tertiary/aromatic N) is 2. The first-order valence-corrected chi connectivity index (χ1v) is 6.66. The molecule has 5 nitrogen and oxygen atoms in total. The number of rotatable bonds is 4. The maximum atomic E-state index is 11.3. The zero-order chi connectivity index (χ0) is 13.8. The van der Waals surface area contributed by atoms with Gasteiger partial charge in [-0.3, -0.25) is 4.79 Å². The Balaban J connectivity index is 2.16. The molecule has 1 amide bonds. The number of amides is 1. The van der Waals surface area contributed by atoms with Gasteiger partial charge < -0.3 is 11.5 Å². The first kappa shape index (κ1) is 13.4. The van der Waals surface area contributed by atoms with Gasteiger partial charge in [0, 0.05) is 23.1 Å². The molecule has 2 rings (SSSR count). The summed E-state index contributed by atoms with van der Waals surface area (Å²) in [5, 5.41) is 0.594. The Morgan fingerprint density at radius 3 is 2.74 bits per heavy atom. The molecule has 0 bridgehead atoms. The highest BCUT2D eigenvalue weighted by atomic mass is 32.2. The molecule has 4 N–H and O–H groups in total. The van der Waals surface area contributed by atoms with Gasteiger partial charge in [0.2, 0.25) is 5.91 Å². The van der Waals surface area contributed by atoms with Gasteiger partial charge in [-0.05, 0) is 18.6 Å². The molecular weight excluding hydrogens is 260 g/mol. The van der Waals surface area contributed by atoms with Crippen LogP contribution in [0.3, 0.4) is 0 Å². The van der Waals surface area contributed by atoms with Crippen LogP contribution in [-0.2, 0) is 5.75 Å². The minimum absolute atomic E-state index is 0.430. The highest BCUT2D eigenvalue weighted by Gasteiger charge is 2.08. The number of thioether (sulfide) groups is 1. The maximum absolute atomic E-state index is 11.3. The van der Waals surface area contributed by atoms with Gasteiger partial charge in [-0.15, -0.1) is 0 Å². The average Bonchev–Trinajstić information content (AvgIpc) is 2.35. The molecule has 0 aliphatic carbocycles. The summed E-state index contributed by atoms with van der Waals surface area (Å²) >= 11 is 1.42. The lowest BCUT2D eigenvalue weighted by atomic mass is 10.1. The van der Waals surface area contributed by atoms with Crippen LogP contribution in [0.1, 0.15) is 21.6 Å². The van der Waals surface area contributed by atoms with Crippen molar-refractivity contribution >= 4 is 23.5 Å². The fourth-order valence-electron chi connectivity index (χ4n) is 1.66. The van der Waals surface area contributed by atoms with Crippen LogP contribution in [-0.4, -0.2) is 15.9 Å². The van der Waals surface area contributed by atoms with Gasteiger partial charge >= 0.3 is 0 Å². The number of carbonyl (C=O) groups excluding carboxylic acids is 1. The van der Waals surface area contributed by atoms with E-state index in [2.05, 4.69) is 9.97 Å². The van der Waals surface area contributed by atoms with Crippen molar-refractivity contribution in [1.29, 1.82) is 0 Å². The van der Waals surface area contributed by atoms with E-state index < -0.39 is 5.91 Å². The van der Waals surface area contributed by atoms with Crippen LogP contribution in [0, 0.1) is 6.92 Å². The van der Waals surface area contributed by atoms with E-state index in [4.69, 9.17) is 11.5 Å². The Hall–Kier alpha value is -2.08. The Morgan fingerprint density at radius 2 is 2.05 bits per heavy atom. The molecule has 0 saturated carbocycles. The summed E-state index contributed by atoms with van der Waals surface area (Å²) in [5.74, 6) is 0.584. The van der Waals surface area contributed by atoms with E-state index in [1.54, 1.807) is 18.2 Å². The summed E-state index contributed by atoms with van der Waals surface area (Å²) in [6.07, 6.45) is 0. The number of nitrogen functional groups attached to an aromatic ring is 1. The van der Waals surface area contributed by atoms with Crippen LogP contribution in [0.4, 0.5) is 5.82 Å². The van der Waals surface area contributed by atoms with Gasteiger partial charge in [-0.1, -0.05) is 30.0 Å². The maximum Gasteiger partial charge on any atom is 0.249 e. The van der Waals surface area contributed by atoms with Gasteiger partial charge in [0.05, 0.1) is 0 Å². The molecule has 0 radical (unpaired) electrons. The Morgan fingerprint density at radius 1 is 1.32 bits per heavy atom. The predicted molar refractivity (Wildman–Crippen MR) is 75.7 cm³/mol. The van der Waals surface area contributed by atoms with Crippen molar-refractivity contribution in [3.05, 3.63) is 47.2 Å². The lowest BCUT2D eigenvalue weighted by molar-refractivity contribution is 0.0999. The predicted octanol–water partition coefficient (Wildman–Crippen LogP) is 1.76. The highest BCUT2D eigenvalue weighted by Crippen LogP contribution is 2.22. The number of hydrogen-bond donors (Lipinski definition) is 2.